The number of hydrogen-bond acceptors (Lipinski definition) is 5. The van der Waals surface area contributed by atoms with Gasteiger partial charge < -0.3 is 10.0 Å². The third-order valence-corrected chi connectivity index (χ3v) is 5.27. The largest absolute Gasteiger partial charge is 0.465 e. The van der Waals surface area contributed by atoms with Crippen LogP contribution in [0, 0.1) is 5.92 Å². The first kappa shape index (κ1) is 17.6. The zero-order valence-corrected chi connectivity index (χ0v) is 15.3. The van der Waals surface area contributed by atoms with E-state index in [4.69, 9.17) is 16.7 Å². The van der Waals surface area contributed by atoms with Crippen LogP contribution in [0.5, 0.6) is 0 Å². The summed E-state index contributed by atoms with van der Waals surface area (Å²) >= 11 is 7.70. The number of nitrogens with one attached hydrogen (secondary N) is 1. The number of hydrogen-bond donors (Lipinski definition) is 2. The summed E-state index contributed by atoms with van der Waals surface area (Å²) in [6.07, 6.45) is 0.559. The van der Waals surface area contributed by atoms with Gasteiger partial charge in [0.25, 0.3) is 0 Å². The zero-order chi connectivity index (χ0) is 18.0. The van der Waals surface area contributed by atoms with Crippen LogP contribution >= 0.6 is 23.4 Å². The Balaban J connectivity index is 1.95. The normalized spacial score (nSPS) is 16.9. The maximum Gasteiger partial charge on any atom is 0.409 e. The Kier molecular flexibility index (Phi) is 5.15. The molecule has 0 saturated carbocycles. The van der Waals surface area contributed by atoms with E-state index in [0.29, 0.717) is 11.6 Å². The van der Waals surface area contributed by atoms with Gasteiger partial charge in [0.15, 0.2) is 0 Å². The molecule has 1 aliphatic rings. The van der Waals surface area contributed by atoms with Crippen LogP contribution in [0.2, 0.25) is 5.28 Å². The van der Waals surface area contributed by atoms with E-state index in [1.165, 1.54) is 0 Å². The summed E-state index contributed by atoms with van der Waals surface area (Å²) in [4.78, 5) is 21.2. The number of carboxylic acid groups (broad SMARTS) is 1. The SMILES string of the molecule is CC(C)C1SC=C(c2ccc(NC(=O)O)cc2)N1c1ccnc(Cl)n1. The first-order chi connectivity index (χ1) is 12.0. The molecule has 0 saturated heterocycles. The Bertz CT molecular complexity index is 811. The van der Waals surface area contributed by atoms with Crippen LogP contribution in [0.3, 0.4) is 0 Å². The van der Waals surface area contributed by atoms with Gasteiger partial charge in [-0.25, -0.2) is 14.8 Å². The molecular weight excluding hydrogens is 360 g/mol. The second kappa shape index (κ2) is 7.33. The maximum absolute atomic E-state index is 10.7. The molecule has 1 amide bonds. The van der Waals surface area contributed by atoms with Crippen LogP contribution in [0.25, 0.3) is 5.70 Å². The molecule has 130 valence electrons. The second-order valence-corrected chi connectivity index (χ2v) is 7.16. The van der Waals surface area contributed by atoms with Gasteiger partial charge in [0.05, 0.1) is 11.1 Å². The maximum atomic E-state index is 10.7. The molecule has 2 N–H and O–H groups in total. The zero-order valence-electron chi connectivity index (χ0n) is 13.7. The Morgan fingerprint density at radius 1 is 1.32 bits per heavy atom. The Labute approximate surface area is 154 Å². The van der Waals surface area contributed by atoms with Crippen molar-refractivity contribution >= 4 is 46.7 Å². The molecule has 3 rings (SSSR count). The van der Waals surface area contributed by atoms with Crippen LogP contribution in [0.1, 0.15) is 19.4 Å². The second-order valence-electron chi connectivity index (χ2n) is 5.84. The minimum atomic E-state index is -1.08. The standard InChI is InChI=1S/C17H17ClN4O2S/c1-10(2)15-22(14-7-8-19-16(18)21-14)13(9-25-15)11-3-5-12(6-4-11)20-17(23)24/h3-10,15,20H,1-2H3,(H,23,24). The summed E-state index contributed by atoms with van der Waals surface area (Å²) in [6, 6.07) is 9.08. The van der Waals surface area contributed by atoms with Crippen molar-refractivity contribution in [1.29, 1.82) is 0 Å². The molecular formula is C17H17ClN4O2S. The van der Waals surface area contributed by atoms with Crippen LogP contribution in [-0.2, 0) is 0 Å². The molecule has 1 aliphatic heterocycles. The van der Waals surface area contributed by atoms with Crippen LogP contribution in [0.15, 0.2) is 41.9 Å². The van der Waals surface area contributed by atoms with Crippen LogP contribution < -0.4 is 10.2 Å². The summed E-state index contributed by atoms with van der Waals surface area (Å²) < 4.78 is 0. The van der Waals surface area contributed by atoms with E-state index in [9.17, 15) is 4.79 Å². The first-order valence-corrected chi connectivity index (χ1v) is 9.01. The Hall–Kier alpha value is -2.25. The minimum absolute atomic E-state index is 0.192. The average molecular weight is 377 g/mol. The molecule has 0 bridgehead atoms. The number of thioether (sulfide) groups is 1. The van der Waals surface area contributed by atoms with Crippen molar-refractivity contribution in [3.8, 4) is 0 Å². The highest BCUT2D eigenvalue weighted by Gasteiger charge is 2.32. The number of halogens is 1. The smallest absolute Gasteiger partial charge is 0.409 e. The van der Waals surface area contributed by atoms with Gasteiger partial charge in [-0.2, -0.15) is 0 Å². The Morgan fingerprint density at radius 2 is 2.04 bits per heavy atom. The average Bonchev–Trinajstić information content (AvgIpc) is 3.00. The van der Waals surface area contributed by atoms with Crippen molar-refractivity contribution < 1.29 is 9.90 Å². The van der Waals surface area contributed by atoms with Crippen LogP contribution in [0.4, 0.5) is 16.3 Å². The summed E-state index contributed by atoms with van der Waals surface area (Å²) in [6.45, 7) is 4.31. The lowest BCUT2D eigenvalue weighted by molar-refractivity contribution is 0.210. The molecule has 0 radical (unpaired) electrons. The molecule has 0 spiro atoms. The van der Waals surface area contributed by atoms with E-state index < -0.39 is 6.09 Å². The van der Waals surface area contributed by atoms with Crippen molar-refractivity contribution in [3.63, 3.8) is 0 Å². The van der Waals surface area contributed by atoms with Crippen molar-refractivity contribution in [1.82, 2.24) is 9.97 Å². The number of rotatable bonds is 4. The molecule has 2 aromatic rings. The minimum Gasteiger partial charge on any atom is -0.465 e. The van der Waals surface area contributed by atoms with Gasteiger partial charge in [-0.3, -0.25) is 5.32 Å². The van der Waals surface area contributed by atoms with E-state index >= 15 is 0 Å². The fourth-order valence-corrected chi connectivity index (χ4v) is 3.93. The highest BCUT2D eigenvalue weighted by atomic mass is 35.5. The van der Waals surface area contributed by atoms with Gasteiger partial charge >= 0.3 is 6.09 Å². The van der Waals surface area contributed by atoms with Crippen molar-refractivity contribution in [2.45, 2.75) is 19.2 Å². The van der Waals surface area contributed by atoms with Gasteiger partial charge in [-0.1, -0.05) is 26.0 Å². The fourth-order valence-electron chi connectivity index (χ4n) is 2.61. The molecule has 1 aromatic carbocycles. The number of carbonyl (C=O) groups is 1. The predicted octanol–water partition coefficient (Wildman–Crippen LogP) is 4.75. The van der Waals surface area contributed by atoms with E-state index in [0.717, 1.165) is 17.1 Å². The molecule has 1 atom stereocenters. The molecule has 6 nitrogen and oxygen atoms in total. The Morgan fingerprint density at radius 3 is 2.64 bits per heavy atom. The van der Waals surface area contributed by atoms with Gasteiger partial charge in [0, 0.05) is 11.9 Å². The molecule has 8 heteroatoms. The van der Waals surface area contributed by atoms with E-state index in [1.807, 2.05) is 18.2 Å². The summed E-state index contributed by atoms with van der Waals surface area (Å²) in [5, 5.41) is 13.6. The molecule has 2 heterocycles. The molecule has 0 aliphatic carbocycles. The number of amides is 1. The van der Waals surface area contributed by atoms with E-state index in [-0.39, 0.29) is 10.7 Å². The molecule has 25 heavy (non-hydrogen) atoms. The van der Waals surface area contributed by atoms with Crippen molar-refractivity contribution in [2.75, 3.05) is 10.2 Å². The summed E-state index contributed by atoms with van der Waals surface area (Å²) in [5.74, 6) is 1.13. The molecule has 1 aromatic heterocycles. The van der Waals surface area contributed by atoms with Crippen molar-refractivity contribution in [3.05, 3.63) is 52.8 Å². The lowest BCUT2D eigenvalue weighted by atomic mass is 10.1. The fraction of sp³-hybridized carbons (Fsp3) is 0.235. The molecule has 1 unspecified atom stereocenters. The van der Waals surface area contributed by atoms with E-state index in [1.54, 1.807) is 30.1 Å². The third-order valence-electron chi connectivity index (χ3n) is 3.69. The molecule has 0 fully saturated rings. The lowest BCUT2D eigenvalue weighted by Gasteiger charge is -2.30. The quantitative estimate of drug-likeness (QED) is 0.749. The summed E-state index contributed by atoms with van der Waals surface area (Å²) in [7, 11) is 0. The lowest BCUT2D eigenvalue weighted by Crippen LogP contribution is -2.32. The highest BCUT2D eigenvalue weighted by molar-refractivity contribution is 8.03. The van der Waals surface area contributed by atoms with Crippen molar-refractivity contribution in [2.24, 2.45) is 5.92 Å². The number of aromatic nitrogens is 2. The monoisotopic (exact) mass is 376 g/mol. The van der Waals surface area contributed by atoms with E-state index in [2.05, 4.69) is 39.4 Å². The van der Waals surface area contributed by atoms with Gasteiger partial charge in [0.1, 0.15) is 5.82 Å². The number of benzene rings is 1. The number of anilines is 2. The first-order valence-electron chi connectivity index (χ1n) is 7.69. The summed E-state index contributed by atoms with van der Waals surface area (Å²) in [5.41, 5.74) is 2.50. The van der Waals surface area contributed by atoms with Gasteiger partial charge in [-0.05, 0) is 46.7 Å². The third kappa shape index (κ3) is 3.88. The number of nitrogens with zero attached hydrogens (tertiary/aromatic N) is 3. The predicted molar refractivity (Wildman–Crippen MR) is 102 cm³/mol. The van der Waals surface area contributed by atoms with Gasteiger partial charge in [-0.15, -0.1) is 11.8 Å². The van der Waals surface area contributed by atoms with Gasteiger partial charge in [0.2, 0.25) is 5.28 Å². The topological polar surface area (TPSA) is 78.4 Å². The highest BCUT2D eigenvalue weighted by Crippen LogP contribution is 2.42. The van der Waals surface area contributed by atoms with Crippen LogP contribution in [-0.4, -0.2) is 26.5 Å².